The van der Waals surface area contributed by atoms with E-state index in [-0.39, 0.29) is 11.9 Å². The maximum atomic E-state index is 12.5. The topological polar surface area (TPSA) is 72.3 Å². The van der Waals surface area contributed by atoms with Crippen LogP contribution < -0.4 is 11.5 Å². The van der Waals surface area contributed by atoms with Gasteiger partial charge < -0.3 is 16.4 Å². The summed E-state index contributed by atoms with van der Waals surface area (Å²) in [6.07, 6.45) is 0.842. The first-order valence-electron chi connectivity index (χ1n) is 6.43. The van der Waals surface area contributed by atoms with Crippen LogP contribution in [0.3, 0.4) is 0 Å². The second-order valence-corrected chi connectivity index (χ2v) is 5.93. The summed E-state index contributed by atoms with van der Waals surface area (Å²) in [5.41, 5.74) is 13.0. The molecule has 4 nitrogen and oxygen atoms in total. The van der Waals surface area contributed by atoms with Gasteiger partial charge in [-0.25, -0.2) is 0 Å². The van der Waals surface area contributed by atoms with Crippen molar-refractivity contribution in [1.82, 2.24) is 4.90 Å². The summed E-state index contributed by atoms with van der Waals surface area (Å²) in [5, 5.41) is 2.04. The van der Waals surface area contributed by atoms with Gasteiger partial charge in [0.1, 0.15) is 0 Å². The molecule has 0 aliphatic rings. The third-order valence-corrected chi connectivity index (χ3v) is 4.26. The van der Waals surface area contributed by atoms with E-state index in [2.05, 4.69) is 6.07 Å². The lowest BCUT2D eigenvalue weighted by molar-refractivity contribution is 0.0745. The average molecular weight is 289 g/mol. The summed E-state index contributed by atoms with van der Waals surface area (Å²) in [6.45, 7) is 2.03. The highest BCUT2D eigenvalue weighted by Crippen LogP contribution is 2.20. The van der Waals surface area contributed by atoms with Crippen LogP contribution in [0.4, 0.5) is 11.4 Å². The number of thiophene rings is 1. The standard InChI is InChI=1S/C15H19N3OS/c1-10(8-12-4-3-7-20-12)18(2)15(19)13-6-5-11(16)9-14(13)17/h3-7,9-10H,8,16-17H2,1-2H3. The van der Waals surface area contributed by atoms with Gasteiger partial charge in [0, 0.05) is 35.8 Å². The highest BCUT2D eigenvalue weighted by molar-refractivity contribution is 7.09. The van der Waals surface area contributed by atoms with Crippen molar-refractivity contribution in [1.29, 1.82) is 0 Å². The van der Waals surface area contributed by atoms with Gasteiger partial charge in [0.15, 0.2) is 0 Å². The van der Waals surface area contributed by atoms with E-state index in [9.17, 15) is 4.79 Å². The number of nitrogen functional groups attached to an aromatic ring is 2. The molecule has 0 radical (unpaired) electrons. The Morgan fingerprint density at radius 2 is 2.10 bits per heavy atom. The van der Waals surface area contributed by atoms with Crippen molar-refractivity contribution in [2.45, 2.75) is 19.4 Å². The van der Waals surface area contributed by atoms with Crippen LogP contribution in [-0.4, -0.2) is 23.9 Å². The fourth-order valence-corrected chi connectivity index (χ4v) is 2.85. The summed E-state index contributed by atoms with van der Waals surface area (Å²) in [6, 6.07) is 9.20. The van der Waals surface area contributed by atoms with Crippen molar-refractivity contribution in [3.63, 3.8) is 0 Å². The van der Waals surface area contributed by atoms with E-state index in [0.29, 0.717) is 16.9 Å². The fourth-order valence-electron chi connectivity index (χ4n) is 2.02. The molecule has 0 saturated carbocycles. The molecule has 1 aromatic carbocycles. The third kappa shape index (κ3) is 3.11. The van der Waals surface area contributed by atoms with Gasteiger partial charge in [-0.3, -0.25) is 4.79 Å². The highest BCUT2D eigenvalue weighted by atomic mass is 32.1. The minimum absolute atomic E-state index is 0.0773. The normalized spacial score (nSPS) is 12.1. The molecule has 1 heterocycles. The van der Waals surface area contributed by atoms with Crippen LogP contribution in [0.25, 0.3) is 0 Å². The molecule has 4 N–H and O–H groups in total. The Kier molecular flexibility index (Phi) is 4.29. The van der Waals surface area contributed by atoms with Crippen LogP contribution in [0.5, 0.6) is 0 Å². The molecule has 2 aromatic rings. The predicted octanol–water partition coefficient (Wildman–Crippen LogP) is 2.62. The predicted molar refractivity (Wildman–Crippen MR) is 84.8 cm³/mol. The van der Waals surface area contributed by atoms with Crippen LogP contribution in [0.2, 0.25) is 0 Å². The summed E-state index contributed by atoms with van der Waals surface area (Å²) in [4.78, 5) is 15.4. The first-order valence-corrected chi connectivity index (χ1v) is 7.31. The van der Waals surface area contributed by atoms with Crippen LogP contribution >= 0.6 is 11.3 Å². The molecule has 1 amide bonds. The number of hydrogen-bond donors (Lipinski definition) is 2. The van der Waals surface area contributed by atoms with Crippen molar-refractivity contribution < 1.29 is 4.79 Å². The van der Waals surface area contributed by atoms with Gasteiger partial charge in [-0.1, -0.05) is 6.07 Å². The molecule has 0 saturated heterocycles. The van der Waals surface area contributed by atoms with Gasteiger partial charge in [0.25, 0.3) is 5.91 Å². The first kappa shape index (κ1) is 14.4. The summed E-state index contributed by atoms with van der Waals surface area (Å²) in [7, 11) is 1.80. The van der Waals surface area contributed by atoms with Crippen LogP contribution in [0, 0.1) is 0 Å². The number of likely N-dealkylation sites (N-methyl/N-ethyl adjacent to an activating group) is 1. The zero-order valence-corrected chi connectivity index (χ0v) is 12.5. The van der Waals surface area contributed by atoms with E-state index in [1.807, 2.05) is 18.4 Å². The average Bonchev–Trinajstić information content (AvgIpc) is 2.90. The quantitative estimate of drug-likeness (QED) is 0.850. The maximum Gasteiger partial charge on any atom is 0.255 e. The van der Waals surface area contributed by atoms with Crippen LogP contribution in [0.15, 0.2) is 35.7 Å². The summed E-state index contributed by atoms with van der Waals surface area (Å²) in [5.74, 6) is -0.0773. The Morgan fingerprint density at radius 1 is 1.35 bits per heavy atom. The van der Waals surface area contributed by atoms with E-state index in [1.54, 1.807) is 41.5 Å². The lowest BCUT2D eigenvalue weighted by atomic mass is 10.1. The third-order valence-electron chi connectivity index (χ3n) is 3.36. The van der Waals surface area contributed by atoms with Crippen LogP contribution in [-0.2, 0) is 6.42 Å². The molecule has 2 rings (SSSR count). The Balaban J connectivity index is 2.11. The largest absolute Gasteiger partial charge is 0.399 e. The maximum absolute atomic E-state index is 12.5. The Morgan fingerprint density at radius 3 is 2.70 bits per heavy atom. The molecule has 1 aromatic heterocycles. The number of rotatable bonds is 4. The van der Waals surface area contributed by atoms with E-state index >= 15 is 0 Å². The van der Waals surface area contributed by atoms with Gasteiger partial charge in [-0.2, -0.15) is 0 Å². The molecule has 1 unspecified atom stereocenters. The number of anilines is 2. The number of amides is 1. The molecular formula is C15H19N3OS. The first-order chi connectivity index (χ1) is 9.49. The monoisotopic (exact) mass is 289 g/mol. The molecular weight excluding hydrogens is 270 g/mol. The van der Waals surface area contributed by atoms with Crippen LogP contribution in [0.1, 0.15) is 22.2 Å². The lowest BCUT2D eigenvalue weighted by Gasteiger charge is -2.25. The van der Waals surface area contributed by atoms with E-state index in [0.717, 1.165) is 6.42 Å². The smallest absolute Gasteiger partial charge is 0.255 e. The molecule has 0 aliphatic carbocycles. The number of nitrogens with two attached hydrogens (primary N) is 2. The summed E-state index contributed by atoms with van der Waals surface area (Å²) < 4.78 is 0. The lowest BCUT2D eigenvalue weighted by Crippen LogP contribution is -2.36. The van der Waals surface area contributed by atoms with Gasteiger partial charge >= 0.3 is 0 Å². The van der Waals surface area contributed by atoms with Crippen molar-refractivity contribution in [3.05, 3.63) is 46.2 Å². The second-order valence-electron chi connectivity index (χ2n) is 4.90. The Bertz CT molecular complexity index is 595. The highest BCUT2D eigenvalue weighted by Gasteiger charge is 2.20. The molecule has 0 spiro atoms. The van der Waals surface area contributed by atoms with E-state index in [1.165, 1.54) is 4.88 Å². The number of carbonyl (C=O) groups excluding carboxylic acids is 1. The minimum atomic E-state index is -0.0773. The van der Waals surface area contributed by atoms with E-state index < -0.39 is 0 Å². The van der Waals surface area contributed by atoms with Crippen molar-refractivity contribution in [2.24, 2.45) is 0 Å². The number of benzene rings is 1. The molecule has 106 valence electrons. The number of nitrogens with zero attached hydrogens (tertiary/aromatic N) is 1. The van der Waals surface area contributed by atoms with Crippen molar-refractivity contribution in [2.75, 3.05) is 18.5 Å². The van der Waals surface area contributed by atoms with Gasteiger partial charge in [-0.05, 0) is 36.6 Å². The summed E-state index contributed by atoms with van der Waals surface area (Å²) >= 11 is 1.70. The van der Waals surface area contributed by atoms with Gasteiger partial charge in [0.05, 0.1) is 5.56 Å². The molecule has 5 heteroatoms. The molecule has 0 aliphatic heterocycles. The number of carbonyl (C=O) groups is 1. The Labute approximate surface area is 123 Å². The van der Waals surface area contributed by atoms with E-state index in [4.69, 9.17) is 11.5 Å². The van der Waals surface area contributed by atoms with Crippen molar-refractivity contribution in [3.8, 4) is 0 Å². The van der Waals surface area contributed by atoms with Gasteiger partial charge in [-0.15, -0.1) is 11.3 Å². The Hall–Kier alpha value is -2.01. The zero-order valence-electron chi connectivity index (χ0n) is 11.7. The molecule has 1 atom stereocenters. The fraction of sp³-hybridized carbons (Fsp3) is 0.267. The SMILES string of the molecule is CC(Cc1cccs1)N(C)C(=O)c1ccc(N)cc1N. The van der Waals surface area contributed by atoms with Crippen molar-refractivity contribution >= 4 is 28.6 Å². The van der Waals surface area contributed by atoms with Gasteiger partial charge in [0.2, 0.25) is 0 Å². The number of hydrogen-bond acceptors (Lipinski definition) is 4. The minimum Gasteiger partial charge on any atom is -0.399 e. The molecule has 20 heavy (non-hydrogen) atoms. The zero-order chi connectivity index (χ0) is 14.7. The second kappa shape index (κ2) is 5.96. The molecule has 0 bridgehead atoms. The molecule has 0 fully saturated rings.